The van der Waals surface area contributed by atoms with Crippen LogP contribution in [0.4, 0.5) is 11.5 Å². The average Bonchev–Trinajstić information content (AvgIpc) is 2.33. The summed E-state index contributed by atoms with van der Waals surface area (Å²) in [5.41, 5.74) is -0.208. The summed E-state index contributed by atoms with van der Waals surface area (Å²) in [4.78, 5) is 14.1. The molecule has 0 spiro atoms. The van der Waals surface area contributed by atoms with Gasteiger partial charge in [-0.25, -0.2) is 0 Å². The minimum absolute atomic E-state index is 0.0227. The average molecular weight is 241 g/mol. The van der Waals surface area contributed by atoms with Crippen molar-refractivity contribution in [3.63, 3.8) is 0 Å². The Labute approximate surface area is 98.6 Å². The number of pyridine rings is 1. The van der Waals surface area contributed by atoms with Gasteiger partial charge in [-0.05, 0) is 12.5 Å². The van der Waals surface area contributed by atoms with Crippen molar-refractivity contribution < 1.29 is 14.8 Å². The monoisotopic (exact) mass is 241 g/mol. The van der Waals surface area contributed by atoms with Crippen molar-refractivity contribution in [3.05, 3.63) is 22.2 Å². The van der Waals surface area contributed by atoms with Crippen molar-refractivity contribution in [1.82, 2.24) is 4.98 Å². The lowest BCUT2D eigenvalue weighted by atomic mass is 10.4. The summed E-state index contributed by atoms with van der Waals surface area (Å²) in [6.45, 7) is 2.49. The lowest BCUT2D eigenvalue weighted by molar-refractivity contribution is -0.386. The van der Waals surface area contributed by atoms with Crippen LogP contribution in [0.25, 0.3) is 0 Å². The Hall–Kier alpha value is -1.89. The number of nitrogens with zero attached hydrogens (tertiary/aromatic N) is 2. The zero-order valence-corrected chi connectivity index (χ0v) is 9.55. The lowest BCUT2D eigenvalue weighted by Crippen LogP contribution is -2.08. The number of aliphatic hydroxyl groups is 1. The molecule has 0 atom stereocenters. The molecule has 0 aliphatic carbocycles. The largest absolute Gasteiger partial charge is 0.470 e. The molecule has 94 valence electrons. The van der Waals surface area contributed by atoms with E-state index in [4.69, 9.17) is 9.84 Å². The van der Waals surface area contributed by atoms with E-state index >= 15 is 0 Å². The molecule has 1 aromatic rings. The van der Waals surface area contributed by atoms with Crippen LogP contribution >= 0.6 is 0 Å². The van der Waals surface area contributed by atoms with E-state index in [1.807, 2.05) is 6.92 Å². The second kappa shape index (κ2) is 6.64. The van der Waals surface area contributed by atoms with Gasteiger partial charge in [0.2, 0.25) is 0 Å². The Morgan fingerprint density at radius 3 is 2.94 bits per heavy atom. The summed E-state index contributed by atoms with van der Waals surface area (Å²) >= 11 is 0. The SMILES string of the molecule is CCCNc1ccc([N+](=O)[O-])c(OCCO)n1. The number of hydrogen-bond donors (Lipinski definition) is 2. The Morgan fingerprint density at radius 2 is 2.35 bits per heavy atom. The molecule has 0 saturated heterocycles. The van der Waals surface area contributed by atoms with E-state index in [9.17, 15) is 10.1 Å². The third-order valence-corrected chi connectivity index (χ3v) is 1.92. The lowest BCUT2D eigenvalue weighted by Gasteiger charge is -2.07. The molecule has 7 nitrogen and oxygen atoms in total. The first-order valence-electron chi connectivity index (χ1n) is 5.32. The van der Waals surface area contributed by atoms with Gasteiger partial charge in [0, 0.05) is 12.6 Å². The molecule has 0 aliphatic heterocycles. The topological polar surface area (TPSA) is 97.5 Å². The van der Waals surface area contributed by atoms with Gasteiger partial charge in [0.1, 0.15) is 12.4 Å². The highest BCUT2D eigenvalue weighted by Gasteiger charge is 2.17. The van der Waals surface area contributed by atoms with Crippen LogP contribution in [-0.2, 0) is 0 Å². The third-order valence-electron chi connectivity index (χ3n) is 1.92. The van der Waals surface area contributed by atoms with Gasteiger partial charge in [0.25, 0.3) is 5.88 Å². The molecule has 0 unspecified atom stereocenters. The van der Waals surface area contributed by atoms with E-state index < -0.39 is 4.92 Å². The van der Waals surface area contributed by atoms with Crippen LogP contribution < -0.4 is 10.1 Å². The molecule has 0 amide bonds. The summed E-state index contributed by atoms with van der Waals surface area (Å²) in [7, 11) is 0. The molecule has 0 saturated carbocycles. The smallest absolute Gasteiger partial charge is 0.331 e. The predicted octanol–water partition coefficient (Wildman–Crippen LogP) is 1.18. The fraction of sp³-hybridized carbons (Fsp3) is 0.500. The molecular formula is C10H15N3O4. The van der Waals surface area contributed by atoms with Gasteiger partial charge in [-0.1, -0.05) is 6.92 Å². The van der Waals surface area contributed by atoms with Crippen LogP contribution in [0.1, 0.15) is 13.3 Å². The number of nitrogens with one attached hydrogen (secondary N) is 1. The number of rotatable bonds is 7. The fourth-order valence-electron chi connectivity index (χ4n) is 1.17. The third kappa shape index (κ3) is 3.87. The van der Waals surface area contributed by atoms with Crippen LogP contribution in [0.3, 0.4) is 0 Å². The predicted molar refractivity (Wildman–Crippen MR) is 62.3 cm³/mol. The van der Waals surface area contributed by atoms with Gasteiger partial charge in [-0.3, -0.25) is 10.1 Å². The molecule has 1 rings (SSSR count). The first-order chi connectivity index (χ1) is 8.19. The van der Waals surface area contributed by atoms with Crippen molar-refractivity contribution >= 4 is 11.5 Å². The number of nitro groups is 1. The number of hydrogen-bond acceptors (Lipinski definition) is 6. The molecule has 1 aromatic heterocycles. The van der Waals surface area contributed by atoms with Gasteiger partial charge < -0.3 is 15.2 Å². The van der Waals surface area contributed by atoms with Crippen molar-refractivity contribution in [2.75, 3.05) is 25.1 Å². The molecule has 2 N–H and O–H groups in total. The molecule has 1 heterocycles. The zero-order chi connectivity index (χ0) is 12.7. The number of anilines is 1. The van der Waals surface area contributed by atoms with Crippen molar-refractivity contribution in [2.45, 2.75) is 13.3 Å². The minimum atomic E-state index is -0.566. The quantitative estimate of drug-likeness (QED) is 0.549. The molecule has 17 heavy (non-hydrogen) atoms. The summed E-state index contributed by atoms with van der Waals surface area (Å²) in [5.74, 6) is 0.440. The second-order valence-corrected chi connectivity index (χ2v) is 3.28. The zero-order valence-electron chi connectivity index (χ0n) is 9.55. The first kappa shape index (κ1) is 13.2. The van der Waals surface area contributed by atoms with Crippen molar-refractivity contribution in [2.24, 2.45) is 0 Å². The summed E-state index contributed by atoms with van der Waals surface area (Å²) < 4.78 is 5.03. The Bertz CT molecular complexity index is 384. The van der Waals surface area contributed by atoms with E-state index in [0.717, 1.165) is 13.0 Å². The van der Waals surface area contributed by atoms with E-state index in [-0.39, 0.29) is 24.8 Å². The first-order valence-corrected chi connectivity index (χ1v) is 5.32. The maximum absolute atomic E-state index is 10.7. The molecule has 0 aliphatic rings. The number of aromatic nitrogens is 1. The van der Waals surface area contributed by atoms with Crippen molar-refractivity contribution in [1.29, 1.82) is 0 Å². The molecule has 0 aromatic carbocycles. The van der Waals surface area contributed by atoms with Crippen LogP contribution in [0, 0.1) is 10.1 Å². The molecule has 0 fully saturated rings. The second-order valence-electron chi connectivity index (χ2n) is 3.28. The Balaban J connectivity index is 2.88. The number of aliphatic hydroxyl groups excluding tert-OH is 1. The van der Waals surface area contributed by atoms with Gasteiger partial charge in [0.15, 0.2) is 0 Å². The van der Waals surface area contributed by atoms with Crippen LogP contribution in [-0.4, -0.2) is 34.8 Å². The highest BCUT2D eigenvalue weighted by molar-refractivity contribution is 5.49. The maximum atomic E-state index is 10.7. The summed E-state index contributed by atoms with van der Waals surface area (Å²) in [6.07, 6.45) is 0.922. The maximum Gasteiger partial charge on any atom is 0.331 e. The van der Waals surface area contributed by atoms with Crippen molar-refractivity contribution in [3.8, 4) is 5.88 Å². The Kier molecular flexibility index (Phi) is 5.15. The highest BCUT2D eigenvalue weighted by atomic mass is 16.6. The van der Waals surface area contributed by atoms with E-state index in [1.54, 1.807) is 0 Å². The summed E-state index contributed by atoms with van der Waals surface area (Å²) in [6, 6.07) is 2.86. The molecular weight excluding hydrogens is 226 g/mol. The normalized spacial score (nSPS) is 10.0. The van der Waals surface area contributed by atoms with Gasteiger partial charge in [0.05, 0.1) is 11.5 Å². The molecule has 0 radical (unpaired) electrons. The highest BCUT2D eigenvalue weighted by Crippen LogP contribution is 2.26. The fourth-order valence-corrected chi connectivity index (χ4v) is 1.17. The van der Waals surface area contributed by atoms with Gasteiger partial charge in [-0.15, -0.1) is 0 Å². The summed E-state index contributed by atoms with van der Waals surface area (Å²) in [5, 5.41) is 22.3. The molecule has 7 heteroatoms. The minimum Gasteiger partial charge on any atom is -0.470 e. The van der Waals surface area contributed by atoms with Crippen LogP contribution in [0.15, 0.2) is 12.1 Å². The van der Waals surface area contributed by atoms with E-state index in [2.05, 4.69) is 10.3 Å². The van der Waals surface area contributed by atoms with Crippen LogP contribution in [0.2, 0.25) is 0 Å². The number of ether oxygens (including phenoxy) is 1. The van der Waals surface area contributed by atoms with Crippen LogP contribution in [0.5, 0.6) is 5.88 Å². The van der Waals surface area contributed by atoms with Gasteiger partial charge >= 0.3 is 5.69 Å². The Morgan fingerprint density at radius 1 is 1.59 bits per heavy atom. The van der Waals surface area contributed by atoms with Gasteiger partial charge in [-0.2, -0.15) is 4.98 Å². The molecule has 0 bridgehead atoms. The standard InChI is InChI=1S/C10H15N3O4/c1-2-5-11-9-4-3-8(13(15)16)10(12-9)17-7-6-14/h3-4,14H,2,5-7H2,1H3,(H,11,12). The van der Waals surface area contributed by atoms with E-state index in [0.29, 0.717) is 5.82 Å². The van der Waals surface area contributed by atoms with E-state index in [1.165, 1.54) is 12.1 Å².